The van der Waals surface area contributed by atoms with Crippen LogP contribution in [0.4, 0.5) is 0 Å². The minimum absolute atomic E-state index is 0.250. The van der Waals surface area contributed by atoms with E-state index in [4.69, 9.17) is 14.6 Å². The zero-order valence-corrected chi connectivity index (χ0v) is 8.28. The van der Waals surface area contributed by atoms with Crippen LogP contribution in [-0.2, 0) is 0 Å². The van der Waals surface area contributed by atoms with Crippen molar-refractivity contribution in [2.75, 3.05) is 20.8 Å². The summed E-state index contributed by atoms with van der Waals surface area (Å²) >= 11 is 0. The molecule has 0 spiro atoms. The van der Waals surface area contributed by atoms with Crippen LogP contribution in [0, 0.1) is 0 Å². The fourth-order valence-corrected chi connectivity index (χ4v) is 0.787. The van der Waals surface area contributed by atoms with Gasteiger partial charge in [-0.3, -0.25) is 0 Å². The van der Waals surface area contributed by atoms with Crippen molar-refractivity contribution in [3.8, 4) is 11.5 Å². The first-order chi connectivity index (χ1) is 6.29. The summed E-state index contributed by atoms with van der Waals surface area (Å²) in [7, 11) is 3.25. The molecule has 0 aliphatic rings. The molecule has 0 saturated carbocycles. The Morgan fingerprint density at radius 2 is 1.38 bits per heavy atom. The lowest BCUT2D eigenvalue weighted by Crippen LogP contribution is -1.88. The monoisotopic (exact) mass is 184 g/mol. The molecule has 1 aromatic carbocycles. The molecule has 0 radical (unpaired) electrons. The molecule has 74 valence electrons. The summed E-state index contributed by atoms with van der Waals surface area (Å²) in [5, 5.41) is 7.57. The largest absolute Gasteiger partial charge is 0.493 e. The minimum Gasteiger partial charge on any atom is -0.493 e. The molecule has 0 aliphatic heterocycles. The molecule has 0 saturated heterocycles. The van der Waals surface area contributed by atoms with E-state index in [0.29, 0.717) is 0 Å². The number of hydrogen-bond acceptors (Lipinski definition) is 3. The van der Waals surface area contributed by atoms with Crippen molar-refractivity contribution in [1.29, 1.82) is 0 Å². The molecule has 0 heterocycles. The first kappa shape index (κ1) is 11.8. The van der Waals surface area contributed by atoms with E-state index < -0.39 is 0 Å². The molecule has 1 aromatic rings. The smallest absolute Gasteiger partial charge is 0.160 e. The number of para-hydroxylation sites is 2. The van der Waals surface area contributed by atoms with Gasteiger partial charge in [0.15, 0.2) is 11.5 Å². The number of rotatable bonds is 2. The molecule has 3 nitrogen and oxygen atoms in total. The summed E-state index contributed by atoms with van der Waals surface area (Å²) in [6, 6.07) is 7.53. The van der Waals surface area contributed by atoms with E-state index in [2.05, 4.69) is 0 Å². The first-order valence-corrected chi connectivity index (χ1v) is 4.08. The van der Waals surface area contributed by atoms with E-state index in [1.807, 2.05) is 24.3 Å². The summed E-state index contributed by atoms with van der Waals surface area (Å²) < 4.78 is 10.0. The van der Waals surface area contributed by atoms with Crippen molar-refractivity contribution in [2.45, 2.75) is 6.92 Å². The van der Waals surface area contributed by atoms with Gasteiger partial charge >= 0.3 is 0 Å². The van der Waals surface area contributed by atoms with Crippen molar-refractivity contribution in [1.82, 2.24) is 0 Å². The predicted octanol–water partition coefficient (Wildman–Crippen LogP) is 1.70. The number of benzene rings is 1. The second-order valence-electron chi connectivity index (χ2n) is 2.17. The molecule has 0 amide bonds. The van der Waals surface area contributed by atoms with Crippen LogP contribution in [0.3, 0.4) is 0 Å². The van der Waals surface area contributed by atoms with Crippen LogP contribution in [-0.4, -0.2) is 25.9 Å². The third kappa shape index (κ3) is 4.38. The molecular formula is C10H16O3. The van der Waals surface area contributed by atoms with Gasteiger partial charge < -0.3 is 14.6 Å². The predicted molar refractivity (Wildman–Crippen MR) is 52.3 cm³/mol. The quantitative estimate of drug-likeness (QED) is 0.760. The maximum atomic E-state index is 7.57. The van der Waals surface area contributed by atoms with E-state index in [1.165, 1.54) is 0 Å². The van der Waals surface area contributed by atoms with Crippen molar-refractivity contribution in [3.05, 3.63) is 24.3 Å². The molecule has 13 heavy (non-hydrogen) atoms. The molecule has 1 rings (SSSR count). The Labute approximate surface area is 78.9 Å². The molecule has 0 atom stereocenters. The third-order valence-corrected chi connectivity index (χ3v) is 1.29. The standard InChI is InChI=1S/C8H10O2.C2H6O/c1-9-7-5-3-4-6-8(7)10-2;1-2-3/h3-6H,1-2H3;3H,2H2,1H3. The Balaban J connectivity index is 0.000000424. The Kier molecular flexibility index (Phi) is 6.73. The fourth-order valence-electron chi connectivity index (χ4n) is 0.787. The van der Waals surface area contributed by atoms with E-state index >= 15 is 0 Å². The van der Waals surface area contributed by atoms with E-state index in [1.54, 1.807) is 21.1 Å². The first-order valence-electron chi connectivity index (χ1n) is 4.08. The summed E-state index contributed by atoms with van der Waals surface area (Å²) in [5.74, 6) is 1.54. The Morgan fingerprint density at radius 3 is 1.62 bits per heavy atom. The van der Waals surface area contributed by atoms with Crippen LogP contribution in [0.1, 0.15) is 6.92 Å². The maximum Gasteiger partial charge on any atom is 0.160 e. The average molecular weight is 184 g/mol. The van der Waals surface area contributed by atoms with Gasteiger partial charge in [-0.05, 0) is 19.1 Å². The highest BCUT2D eigenvalue weighted by molar-refractivity contribution is 5.38. The molecule has 0 fully saturated rings. The summed E-state index contributed by atoms with van der Waals surface area (Å²) in [6.07, 6.45) is 0. The van der Waals surface area contributed by atoms with Gasteiger partial charge in [0, 0.05) is 6.61 Å². The van der Waals surface area contributed by atoms with Crippen LogP contribution in [0.2, 0.25) is 0 Å². The number of aliphatic hydroxyl groups is 1. The highest BCUT2D eigenvalue weighted by Gasteiger charge is 1.97. The van der Waals surface area contributed by atoms with Crippen molar-refractivity contribution >= 4 is 0 Å². The second-order valence-corrected chi connectivity index (χ2v) is 2.17. The van der Waals surface area contributed by atoms with E-state index in [9.17, 15) is 0 Å². The van der Waals surface area contributed by atoms with Crippen molar-refractivity contribution in [2.24, 2.45) is 0 Å². The van der Waals surface area contributed by atoms with Gasteiger partial charge in [0.1, 0.15) is 0 Å². The normalized spacial score (nSPS) is 8.31. The summed E-state index contributed by atoms with van der Waals surface area (Å²) in [5.41, 5.74) is 0. The zero-order chi connectivity index (χ0) is 10.1. The minimum atomic E-state index is 0.250. The fraction of sp³-hybridized carbons (Fsp3) is 0.400. The highest BCUT2D eigenvalue weighted by atomic mass is 16.5. The Hall–Kier alpha value is -1.22. The third-order valence-electron chi connectivity index (χ3n) is 1.29. The van der Waals surface area contributed by atoms with E-state index in [-0.39, 0.29) is 6.61 Å². The number of methoxy groups -OCH3 is 2. The van der Waals surface area contributed by atoms with E-state index in [0.717, 1.165) is 11.5 Å². The molecule has 0 aromatic heterocycles. The van der Waals surface area contributed by atoms with Gasteiger partial charge in [-0.15, -0.1) is 0 Å². The Bertz CT molecular complexity index is 200. The molecule has 1 N–H and O–H groups in total. The summed E-state index contributed by atoms with van der Waals surface area (Å²) in [6.45, 7) is 1.93. The molecular weight excluding hydrogens is 168 g/mol. The van der Waals surface area contributed by atoms with Crippen LogP contribution in [0.25, 0.3) is 0 Å². The molecule has 0 aliphatic carbocycles. The Morgan fingerprint density at radius 1 is 1.08 bits per heavy atom. The van der Waals surface area contributed by atoms with Crippen molar-refractivity contribution in [3.63, 3.8) is 0 Å². The lowest BCUT2D eigenvalue weighted by atomic mass is 10.3. The number of ether oxygens (including phenoxy) is 2. The molecule has 0 unspecified atom stereocenters. The van der Waals surface area contributed by atoms with Gasteiger partial charge in [-0.1, -0.05) is 12.1 Å². The second kappa shape index (κ2) is 7.43. The lowest BCUT2D eigenvalue weighted by molar-refractivity contribution is 0.318. The molecule has 0 bridgehead atoms. The number of aliphatic hydroxyl groups excluding tert-OH is 1. The van der Waals surface area contributed by atoms with Crippen LogP contribution < -0.4 is 9.47 Å². The van der Waals surface area contributed by atoms with Crippen LogP contribution in [0.15, 0.2) is 24.3 Å². The lowest BCUT2D eigenvalue weighted by Gasteiger charge is -2.04. The van der Waals surface area contributed by atoms with Gasteiger partial charge in [-0.2, -0.15) is 0 Å². The highest BCUT2D eigenvalue weighted by Crippen LogP contribution is 2.24. The van der Waals surface area contributed by atoms with Crippen LogP contribution in [0.5, 0.6) is 11.5 Å². The van der Waals surface area contributed by atoms with Gasteiger partial charge in [0.25, 0.3) is 0 Å². The average Bonchev–Trinajstić information content (AvgIpc) is 2.19. The number of hydrogen-bond donors (Lipinski definition) is 1. The van der Waals surface area contributed by atoms with Gasteiger partial charge in [-0.25, -0.2) is 0 Å². The SMILES string of the molecule is CCO.COc1ccccc1OC. The van der Waals surface area contributed by atoms with Crippen LogP contribution >= 0.6 is 0 Å². The maximum absolute atomic E-state index is 7.57. The van der Waals surface area contributed by atoms with Gasteiger partial charge in [0.05, 0.1) is 14.2 Å². The van der Waals surface area contributed by atoms with Gasteiger partial charge in [0.2, 0.25) is 0 Å². The summed E-state index contributed by atoms with van der Waals surface area (Å²) in [4.78, 5) is 0. The zero-order valence-electron chi connectivity index (χ0n) is 8.28. The van der Waals surface area contributed by atoms with Crippen molar-refractivity contribution < 1.29 is 14.6 Å². The molecule has 3 heteroatoms. The topological polar surface area (TPSA) is 38.7 Å².